The molecule has 0 aliphatic carbocycles. The Hall–Kier alpha value is -1.33. The summed E-state index contributed by atoms with van der Waals surface area (Å²) in [6.07, 6.45) is 3.35. The van der Waals surface area contributed by atoms with Crippen LogP contribution in [0.4, 0.5) is 0 Å². The molecule has 4 nitrogen and oxygen atoms in total. The lowest BCUT2D eigenvalue weighted by Gasteiger charge is -1.99. The summed E-state index contributed by atoms with van der Waals surface area (Å²) in [5.74, 6) is 1.63. The van der Waals surface area contributed by atoms with E-state index < -0.39 is 9.62 Å². The fraction of sp³-hybridized carbons (Fsp3) is 0.500. The normalized spacial score (nSPS) is 18.3. The van der Waals surface area contributed by atoms with E-state index in [4.69, 9.17) is 15.3 Å². The molecule has 0 amide bonds. The number of allylic oxidation sites excluding steroid dienone is 1. The molecule has 1 saturated heterocycles. The Kier molecular flexibility index (Phi) is 3.05. The minimum absolute atomic E-state index is 0.00831. The van der Waals surface area contributed by atoms with Gasteiger partial charge in [-0.3, -0.25) is 4.78 Å². The van der Waals surface area contributed by atoms with Crippen LogP contribution in [-0.2, 0) is 9.62 Å². The lowest BCUT2D eigenvalue weighted by Crippen LogP contribution is -1.96. The van der Waals surface area contributed by atoms with Crippen LogP contribution in [-0.4, -0.2) is 11.5 Å². The van der Waals surface area contributed by atoms with Crippen molar-refractivity contribution in [3.05, 3.63) is 11.8 Å². The van der Waals surface area contributed by atoms with E-state index in [1.165, 1.54) is 6.20 Å². The first-order valence-electron chi connectivity index (χ1n) is 3.96. The van der Waals surface area contributed by atoms with E-state index in [0.717, 1.165) is 24.3 Å². The lowest BCUT2D eigenvalue weighted by atomic mass is 10.4. The number of hydrogen-bond acceptors (Lipinski definition) is 4. The van der Waals surface area contributed by atoms with Gasteiger partial charge in [0.1, 0.15) is 17.7 Å². The quantitative estimate of drug-likeness (QED) is 0.645. The summed E-state index contributed by atoms with van der Waals surface area (Å²) in [4.78, 5) is 0. The third-order valence-electron chi connectivity index (χ3n) is 1.84. The van der Waals surface area contributed by atoms with Crippen molar-refractivity contribution in [3.63, 3.8) is 0 Å². The molecule has 13 heavy (non-hydrogen) atoms. The molecule has 1 N–H and O–H groups in total. The summed E-state index contributed by atoms with van der Waals surface area (Å²) < 4.78 is 11.9. The van der Waals surface area contributed by atoms with E-state index >= 15 is 0 Å². The molecule has 1 fully saturated rings. The molecule has 0 saturated carbocycles. The number of hydrogen-bond donors (Lipinski definition) is 1. The topological polar surface area (TPSA) is 83.8 Å². The van der Waals surface area contributed by atoms with Crippen molar-refractivity contribution >= 4 is 9.62 Å². The fourth-order valence-corrected chi connectivity index (χ4v) is 3.21. The van der Waals surface area contributed by atoms with Gasteiger partial charge in [0.2, 0.25) is 0 Å². The lowest BCUT2D eigenvalue weighted by molar-refractivity contribution is 0.949. The fourth-order valence-electron chi connectivity index (χ4n) is 1.13. The summed E-state index contributed by atoms with van der Waals surface area (Å²) in [5.41, 5.74) is -0.00831. The highest BCUT2D eigenvalue weighted by molar-refractivity contribution is 7.94. The van der Waals surface area contributed by atoms with Gasteiger partial charge in [-0.25, -0.2) is 4.36 Å². The second-order valence-electron chi connectivity index (χ2n) is 2.83. The van der Waals surface area contributed by atoms with Crippen LogP contribution in [0, 0.1) is 27.4 Å². The Morgan fingerprint density at radius 2 is 1.85 bits per heavy atom. The number of nitrogens with one attached hydrogen (secondary N) is 1. The van der Waals surface area contributed by atoms with Crippen molar-refractivity contribution in [1.29, 1.82) is 15.3 Å². The van der Waals surface area contributed by atoms with Crippen molar-refractivity contribution in [2.45, 2.75) is 12.8 Å². The molecule has 1 aliphatic rings. The van der Waals surface area contributed by atoms with Crippen molar-refractivity contribution in [1.82, 2.24) is 0 Å². The number of nitrogens with zero attached hydrogens (tertiary/aromatic N) is 3. The van der Waals surface area contributed by atoms with Crippen LogP contribution >= 0.6 is 0 Å². The molecule has 0 aromatic heterocycles. The predicted octanol–water partition coefficient (Wildman–Crippen LogP) is 1.81. The average Bonchev–Trinajstić information content (AvgIpc) is 2.55. The second kappa shape index (κ2) is 4.06. The first-order chi connectivity index (χ1) is 6.20. The molecule has 0 aromatic rings. The van der Waals surface area contributed by atoms with Crippen molar-refractivity contribution < 1.29 is 0 Å². The monoisotopic (exact) mass is 194 g/mol. The van der Waals surface area contributed by atoms with E-state index in [1.807, 2.05) is 0 Å². The summed E-state index contributed by atoms with van der Waals surface area (Å²) in [6, 6.07) is 3.46. The van der Waals surface area contributed by atoms with E-state index in [1.54, 1.807) is 12.1 Å². The molecule has 0 aromatic carbocycles. The van der Waals surface area contributed by atoms with E-state index in [2.05, 4.69) is 4.36 Å². The zero-order valence-electron chi connectivity index (χ0n) is 7.16. The molecule has 1 rings (SSSR count). The van der Waals surface area contributed by atoms with Crippen LogP contribution in [0.1, 0.15) is 12.8 Å². The molecule has 68 valence electrons. The summed E-state index contributed by atoms with van der Waals surface area (Å²) in [5, 5.41) is 16.9. The van der Waals surface area contributed by atoms with Gasteiger partial charge in [0.05, 0.1) is 6.20 Å². The van der Waals surface area contributed by atoms with Crippen LogP contribution in [0.15, 0.2) is 16.1 Å². The Balaban J connectivity index is 2.91. The van der Waals surface area contributed by atoms with Crippen molar-refractivity contribution in [3.8, 4) is 12.1 Å². The van der Waals surface area contributed by atoms with Gasteiger partial charge < -0.3 is 0 Å². The molecular weight excluding hydrogens is 184 g/mol. The van der Waals surface area contributed by atoms with Gasteiger partial charge in [0.25, 0.3) is 0 Å². The largest absolute Gasteiger partial charge is 0.270 e. The minimum atomic E-state index is -1.62. The Morgan fingerprint density at radius 3 is 2.31 bits per heavy atom. The van der Waals surface area contributed by atoms with E-state index in [0.29, 0.717) is 0 Å². The molecular formula is C8H10N4S. The standard InChI is InChI=1S/C8H10N4S/c9-5-8(6-10)7-12-13(11)3-1-2-4-13/h7,11H,1-4H2. The summed E-state index contributed by atoms with van der Waals surface area (Å²) >= 11 is 0. The number of rotatable bonds is 1. The first-order valence-corrected chi connectivity index (χ1v) is 5.89. The van der Waals surface area contributed by atoms with E-state index in [-0.39, 0.29) is 5.57 Å². The molecule has 0 bridgehead atoms. The summed E-state index contributed by atoms with van der Waals surface area (Å²) in [7, 11) is -1.62. The predicted molar refractivity (Wildman–Crippen MR) is 50.8 cm³/mol. The van der Waals surface area contributed by atoms with Gasteiger partial charge in [-0.15, -0.1) is 0 Å². The minimum Gasteiger partial charge on any atom is -0.270 e. The third kappa shape index (κ3) is 2.57. The highest BCUT2D eigenvalue weighted by Gasteiger charge is 2.11. The second-order valence-corrected chi connectivity index (χ2v) is 5.54. The molecule has 5 heteroatoms. The third-order valence-corrected chi connectivity index (χ3v) is 4.28. The average molecular weight is 194 g/mol. The maximum Gasteiger partial charge on any atom is 0.148 e. The van der Waals surface area contributed by atoms with Gasteiger partial charge in [-0.05, 0) is 12.8 Å². The molecule has 0 atom stereocenters. The first kappa shape index (κ1) is 9.76. The molecule has 0 radical (unpaired) electrons. The molecule has 0 unspecified atom stereocenters. The van der Waals surface area contributed by atoms with Crippen LogP contribution in [0.3, 0.4) is 0 Å². The SMILES string of the molecule is N#CC(C#N)=CN=S1(=N)CCCC1. The van der Waals surface area contributed by atoms with Gasteiger partial charge in [0, 0.05) is 11.5 Å². The van der Waals surface area contributed by atoms with Crippen LogP contribution < -0.4 is 0 Å². The van der Waals surface area contributed by atoms with Crippen molar-refractivity contribution in [2.75, 3.05) is 11.5 Å². The van der Waals surface area contributed by atoms with E-state index in [9.17, 15) is 0 Å². The zero-order valence-corrected chi connectivity index (χ0v) is 7.97. The van der Waals surface area contributed by atoms with Gasteiger partial charge in [0.15, 0.2) is 0 Å². The number of nitriles is 2. The van der Waals surface area contributed by atoms with Crippen LogP contribution in [0.25, 0.3) is 0 Å². The highest BCUT2D eigenvalue weighted by Crippen LogP contribution is 2.14. The van der Waals surface area contributed by atoms with Crippen molar-refractivity contribution in [2.24, 2.45) is 4.36 Å². The Morgan fingerprint density at radius 1 is 1.31 bits per heavy atom. The van der Waals surface area contributed by atoms with Crippen LogP contribution in [0.5, 0.6) is 0 Å². The van der Waals surface area contributed by atoms with Gasteiger partial charge in [-0.1, -0.05) is 9.62 Å². The maximum absolute atomic E-state index is 8.43. The maximum atomic E-state index is 8.43. The molecule has 0 spiro atoms. The smallest absolute Gasteiger partial charge is 0.148 e. The summed E-state index contributed by atoms with van der Waals surface area (Å²) in [6.45, 7) is 0. The van der Waals surface area contributed by atoms with Gasteiger partial charge >= 0.3 is 0 Å². The van der Waals surface area contributed by atoms with Crippen LogP contribution in [0.2, 0.25) is 0 Å². The molecule has 1 heterocycles. The highest BCUT2D eigenvalue weighted by atomic mass is 32.2. The zero-order chi connectivity index (χ0) is 9.73. The molecule has 1 aliphatic heterocycles. The van der Waals surface area contributed by atoms with Gasteiger partial charge in [-0.2, -0.15) is 10.5 Å². The Bertz CT molecular complexity index is 384. The Labute approximate surface area is 78.1 Å².